The summed E-state index contributed by atoms with van der Waals surface area (Å²) in [5.74, 6) is -0.250. The van der Waals surface area contributed by atoms with E-state index in [-0.39, 0.29) is 17.4 Å². The Morgan fingerprint density at radius 2 is 1.95 bits per heavy atom. The highest BCUT2D eigenvalue weighted by molar-refractivity contribution is 5.71. The van der Waals surface area contributed by atoms with Gasteiger partial charge >= 0.3 is 5.97 Å². The summed E-state index contributed by atoms with van der Waals surface area (Å²) in [7, 11) is 2.09. The first-order valence-electron chi connectivity index (χ1n) is 7.83. The van der Waals surface area contributed by atoms with E-state index in [0.717, 1.165) is 38.9 Å². The van der Waals surface area contributed by atoms with Gasteiger partial charge in [0.2, 0.25) is 0 Å². The van der Waals surface area contributed by atoms with Gasteiger partial charge in [-0.2, -0.15) is 0 Å². The van der Waals surface area contributed by atoms with E-state index in [1.807, 2.05) is 0 Å². The van der Waals surface area contributed by atoms with Crippen molar-refractivity contribution in [2.45, 2.75) is 58.5 Å². The molecule has 4 atom stereocenters. The average Bonchev–Trinajstić information content (AvgIpc) is 2.89. The highest BCUT2D eigenvalue weighted by atomic mass is 16.5. The van der Waals surface area contributed by atoms with Crippen LogP contribution in [0.2, 0.25) is 0 Å². The molecule has 0 aromatic heterocycles. The molecule has 20 heavy (non-hydrogen) atoms. The van der Waals surface area contributed by atoms with Gasteiger partial charge in [0.25, 0.3) is 0 Å². The Morgan fingerprint density at radius 1 is 1.25 bits per heavy atom. The molecule has 1 saturated carbocycles. The van der Waals surface area contributed by atoms with Crippen molar-refractivity contribution >= 4 is 5.97 Å². The number of likely N-dealkylation sites (N-methyl/N-ethyl adjacent to an activating group) is 1. The van der Waals surface area contributed by atoms with Gasteiger partial charge in [0, 0.05) is 18.7 Å². The first-order valence-corrected chi connectivity index (χ1v) is 7.83. The first kappa shape index (κ1) is 15.8. The maximum atomic E-state index is 11.6. The summed E-state index contributed by atoms with van der Waals surface area (Å²) in [6, 6.07) is 0.540. The van der Waals surface area contributed by atoms with Crippen molar-refractivity contribution < 1.29 is 14.6 Å². The molecule has 1 heterocycles. The molecule has 2 fully saturated rings. The van der Waals surface area contributed by atoms with Crippen LogP contribution < -0.4 is 0 Å². The number of hydrogen-bond acceptors (Lipinski definition) is 3. The molecule has 0 radical (unpaired) electrons. The van der Waals surface area contributed by atoms with Gasteiger partial charge < -0.3 is 9.84 Å². The molecule has 2 rings (SSSR count). The second-order valence-corrected chi connectivity index (χ2v) is 7.57. The minimum Gasteiger partial charge on any atom is -0.481 e. The van der Waals surface area contributed by atoms with Crippen LogP contribution in [-0.4, -0.2) is 48.3 Å². The van der Waals surface area contributed by atoms with Crippen LogP contribution in [0.15, 0.2) is 0 Å². The summed E-state index contributed by atoms with van der Waals surface area (Å²) in [6.07, 6.45) is 3.86. The summed E-state index contributed by atoms with van der Waals surface area (Å²) in [4.78, 5) is 13.9. The number of rotatable bonds is 3. The average molecular weight is 283 g/mol. The lowest BCUT2D eigenvalue weighted by Gasteiger charge is -2.45. The number of ether oxygens (including phenoxy) is 1. The summed E-state index contributed by atoms with van der Waals surface area (Å²) in [6.45, 7) is 8.37. The Labute approximate surface area is 122 Å². The third-order valence-electron chi connectivity index (χ3n) is 5.36. The fraction of sp³-hybridized carbons (Fsp3) is 0.938. The van der Waals surface area contributed by atoms with Crippen molar-refractivity contribution in [2.24, 2.45) is 17.3 Å². The van der Waals surface area contributed by atoms with Crippen LogP contribution >= 0.6 is 0 Å². The largest absolute Gasteiger partial charge is 0.481 e. The molecular formula is C16H29NO3. The zero-order valence-electron chi connectivity index (χ0n) is 13.3. The number of carboxylic acids is 1. The van der Waals surface area contributed by atoms with Gasteiger partial charge in [-0.1, -0.05) is 20.8 Å². The molecule has 4 unspecified atom stereocenters. The van der Waals surface area contributed by atoms with Gasteiger partial charge in [-0.15, -0.1) is 0 Å². The van der Waals surface area contributed by atoms with E-state index in [2.05, 4.69) is 32.7 Å². The third-order valence-corrected chi connectivity index (χ3v) is 5.36. The fourth-order valence-electron chi connectivity index (χ4n) is 3.79. The maximum Gasteiger partial charge on any atom is 0.308 e. The van der Waals surface area contributed by atoms with E-state index in [1.54, 1.807) is 0 Å². The van der Waals surface area contributed by atoms with E-state index in [9.17, 15) is 9.90 Å². The van der Waals surface area contributed by atoms with E-state index in [4.69, 9.17) is 4.74 Å². The number of carboxylic acid groups (broad SMARTS) is 1. The fourth-order valence-corrected chi connectivity index (χ4v) is 3.79. The minimum absolute atomic E-state index is 0.150. The molecule has 0 bridgehead atoms. The van der Waals surface area contributed by atoms with Gasteiger partial charge in [0.05, 0.1) is 12.5 Å². The number of carbonyl (C=O) groups is 1. The molecule has 2 aliphatic rings. The molecule has 116 valence electrons. The van der Waals surface area contributed by atoms with Gasteiger partial charge in [0.15, 0.2) is 0 Å². The highest BCUT2D eigenvalue weighted by Gasteiger charge is 2.42. The number of hydrogen-bond donors (Lipinski definition) is 1. The van der Waals surface area contributed by atoms with E-state index in [1.165, 1.54) is 0 Å². The van der Waals surface area contributed by atoms with Crippen molar-refractivity contribution in [2.75, 3.05) is 20.3 Å². The van der Waals surface area contributed by atoms with Crippen LogP contribution in [0.3, 0.4) is 0 Å². The number of nitrogens with zero attached hydrogens (tertiary/aromatic N) is 1. The van der Waals surface area contributed by atoms with Crippen molar-refractivity contribution in [1.82, 2.24) is 4.90 Å². The third kappa shape index (κ3) is 3.34. The maximum absolute atomic E-state index is 11.6. The second kappa shape index (κ2) is 6.02. The van der Waals surface area contributed by atoms with E-state index < -0.39 is 5.97 Å². The molecule has 0 aromatic carbocycles. The standard InChI is InChI=1S/C16H29NO3/c1-16(2,3)11-5-6-13(15(18)19)14(9-11)17(4)12-7-8-20-10-12/h11-14H,5-10H2,1-4H3,(H,18,19). The SMILES string of the molecule is CN(C1CCOC1)C1CC(C(C)(C)C)CCC1C(=O)O. The Morgan fingerprint density at radius 3 is 2.45 bits per heavy atom. The predicted octanol–water partition coefficient (Wildman–Crippen LogP) is 2.62. The Balaban J connectivity index is 2.12. The van der Waals surface area contributed by atoms with Gasteiger partial charge in [0.1, 0.15) is 0 Å². The van der Waals surface area contributed by atoms with Crippen LogP contribution in [0.5, 0.6) is 0 Å². The Hall–Kier alpha value is -0.610. The molecule has 4 nitrogen and oxygen atoms in total. The molecule has 1 N–H and O–H groups in total. The Bertz CT molecular complexity index is 344. The van der Waals surface area contributed by atoms with Gasteiger partial charge in [-0.3, -0.25) is 9.69 Å². The lowest BCUT2D eigenvalue weighted by atomic mass is 9.67. The van der Waals surface area contributed by atoms with Gasteiger partial charge in [-0.05, 0) is 44.1 Å². The zero-order valence-corrected chi connectivity index (χ0v) is 13.3. The molecule has 1 aliphatic carbocycles. The van der Waals surface area contributed by atoms with Crippen molar-refractivity contribution in [1.29, 1.82) is 0 Å². The van der Waals surface area contributed by atoms with Crippen LogP contribution in [-0.2, 0) is 9.53 Å². The Kier molecular flexibility index (Phi) is 4.75. The first-order chi connectivity index (χ1) is 9.30. The topological polar surface area (TPSA) is 49.8 Å². The van der Waals surface area contributed by atoms with Crippen LogP contribution in [0.25, 0.3) is 0 Å². The van der Waals surface area contributed by atoms with Crippen LogP contribution in [0.1, 0.15) is 46.5 Å². The van der Waals surface area contributed by atoms with Gasteiger partial charge in [-0.25, -0.2) is 0 Å². The molecule has 1 aliphatic heterocycles. The minimum atomic E-state index is -0.631. The molecule has 0 spiro atoms. The highest BCUT2D eigenvalue weighted by Crippen LogP contribution is 2.42. The quantitative estimate of drug-likeness (QED) is 0.865. The summed E-state index contributed by atoms with van der Waals surface area (Å²) in [5, 5.41) is 9.53. The van der Waals surface area contributed by atoms with Crippen LogP contribution in [0, 0.1) is 17.3 Å². The molecular weight excluding hydrogens is 254 g/mol. The summed E-state index contributed by atoms with van der Waals surface area (Å²) >= 11 is 0. The van der Waals surface area contributed by atoms with Crippen LogP contribution in [0.4, 0.5) is 0 Å². The molecule has 0 amide bonds. The lowest BCUT2D eigenvalue weighted by Crippen LogP contribution is -2.51. The second-order valence-electron chi connectivity index (χ2n) is 7.57. The number of aliphatic carboxylic acids is 1. The van der Waals surface area contributed by atoms with Crippen molar-refractivity contribution in [3.05, 3.63) is 0 Å². The lowest BCUT2D eigenvalue weighted by molar-refractivity contribution is -0.147. The monoisotopic (exact) mass is 283 g/mol. The predicted molar refractivity (Wildman–Crippen MR) is 78.7 cm³/mol. The summed E-state index contributed by atoms with van der Waals surface area (Å²) in [5.41, 5.74) is 0.259. The van der Waals surface area contributed by atoms with Crippen molar-refractivity contribution in [3.8, 4) is 0 Å². The smallest absolute Gasteiger partial charge is 0.308 e. The van der Waals surface area contributed by atoms with E-state index >= 15 is 0 Å². The molecule has 4 heteroatoms. The summed E-state index contributed by atoms with van der Waals surface area (Å²) < 4.78 is 5.47. The van der Waals surface area contributed by atoms with E-state index in [0.29, 0.717) is 12.0 Å². The zero-order chi connectivity index (χ0) is 14.9. The van der Waals surface area contributed by atoms with Crippen molar-refractivity contribution in [3.63, 3.8) is 0 Å². The molecule has 0 aromatic rings. The normalized spacial score (nSPS) is 35.5. The molecule has 1 saturated heterocycles.